The van der Waals surface area contributed by atoms with Gasteiger partial charge in [-0.2, -0.15) is 0 Å². The molecule has 0 spiro atoms. The van der Waals surface area contributed by atoms with Crippen molar-refractivity contribution in [1.82, 2.24) is 0 Å². The van der Waals surface area contributed by atoms with Crippen molar-refractivity contribution in [3.05, 3.63) is 11.6 Å². The zero-order chi connectivity index (χ0) is 11.8. The fourth-order valence-electron chi connectivity index (χ4n) is 2.89. The zero-order valence-electron chi connectivity index (χ0n) is 9.91. The van der Waals surface area contributed by atoms with E-state index in [9.17, 15) is 9.59 Å². The lowest BCUT2D eigenvalue weighted by atomic mass is 9.64. The van der Waals surface area contributed by atoms with E-state index in [1.807, 2.05) is 0 Å². The van der Waals surface area contributed by atoms with Gasteiger partial charge in [-0.15, -0.1) is 0 Å². The molecule has 0 amide bonds. The number of carbonyl (C=O) groups is 2. The highest BCUT2D eigenvalue weighted by molar-refractivity contribution is 5.91. The predicted octanol–water partition coefficient (Wildman–Crippen LogP) is 2.40. The van der Waals surface area contributed by atoms with E-state index in [4.69, 9.17) is 4.74 Å². The van der Waals surface area contributed by atoms with Crippen LogP contribution in [-0.2, 0) is 14.3 Å². The first-order valence-corrected chi connectivity index (χ1v) is 5.93. The average molecular weight is 222 g/mol. The highest BCUT2D eigenvalue weighted by atomic mass is 16.5. The van der Waals surface area contributed by atoms with Gasteiger partial charge in [-0.1, -0.05) is 12.5 Å². The summed E-state index contributed by atoms with van der Waals surface area (Å²) < 4.78 is 5.41. The largest absolute Gasteiger partial charge is 0.462 e. The molecule has 2 atom stereocenters. The van der Waals surface area contributed by atoms with Crippen molar-refractivity contribution < 1.29 is 14.3 Å². The van der Waals surface area contributed by atoms with Crippen LogP contribution in [0.4, 0.5) is 0 Å². The third kappa shape index (κ3) is 1.91. The lowest BCUT2D eigenvalue weighted by Gasteiger charge is -2.44. The van der Waals surface area contributed by atoms with Crippen LogP contribution in [0.1, 0.15) is 46.0 Å². The molecule has 1 saturated carbocycles. The number of carbonyl (C=O) groups excluding carboxylic acids is 2. The highest BCUT2D eigenvalue weighted by Gasteiger charge is 2.44. The van der Waals surface area contributed by atoms with Crippen molar-refractivity contribution in [3.8, 4) is 0 Å². The van der Waals surface area contributed by atoms with E-state index in [1.165, 1.54) is 12.5 Å². The van der Waals surface area contributed by atoms with E-state index in [2.05, 4.69) is 6.92 Å². The monoisotopic (exact) mass is 222 g/mol. The first kappa shape index (κ1) is 11.4. The molecular formula is C13H18O3. The molecule has 0 aromatic carbocycles. The number of rotatable bonds is 1. The van der Waals surface area contributed by atoms with Crippen molar-refractivity contribution in [3.63, 3.8) is 0 Å². The maximum atomic E-state index is 11.4. The van der Waals surface area contributed by atoms with Crippen LogP contribution in [0.25, 0.3) is 0 Å². The minimum absolute atomic E-state index is 0.0434. The molecule has 0 aromatic rings. The van der Waals surface area contributed by atoms with Crippen molar-refractivity contribution in [2.24, 2.45) is 5.41 Å². The van der Waals surface area contributed by atoms with Crippen LogP contribution in [-0.4, -0.2) is 17.9 Å². The Labute approximate surface area is 95.9 Å². The van der Waals surface area contributed by atoms with Gasteiger partial charge >= 0.3 is 5.97 Å². The van der Waals surface area contributed by atoms with Crippen molar-refractivity contribution in [2.45, 2.75) is 52.1 Å². The van der Waals surface area contributed by atoms with Crippen LogP contribution in [0.5, 0.6) is 0 Å². The number of allylic oxidation sites excluding steroid dienone is 1. The standard InChI is InChI=1S/C13H18O3/c1-9(14)16-12-5-3-4-10-8-11(15)6-7-13(10,12)2/h8,12H,3-7H2,1-2H3. The van der Waals surface area contributed by atoms with Crippen LogP contribution in [0.15, 0.2) is 11.6 Å². The van der Waals surface area contributed by atoms with Gasteiger partial charge in [-0.3, -0.25) is 9.59 Å². The number of ether oxygens (including phenoxy) is 1. The third-order valence-electron chi connectivity index (χ3n) is 3.89. The van der Waals surface area contributed by atoms with Gasteiger partial charge in [0.1, 0.15) is 6.10 Å². The zero-order valence-corrected chi connectivity index (χ0v) is 9.91. The minimum atomic E-state index is -0.218. The van der Waals surface area contributed by atoms with Gasteiger partial charge < -0.3 is 4.74 Å². The molecule has 16 heavy (non-hydrogen) atoms. The molecule has 1 fully saturated rings. The Bertz CT molecular complexity index is 356. The topological polar surface area (TPSA) is 43.4 Å². The smallest absolute Gasteiger partial charge is 0.302 e. The van der Waals surface area contributed by atoms with Gasteiger partial charge in [-0.05, 0) is 31.8 Å². The van der Waals surface area contributed by atoms with E-state index in [0.717, 1.165) is 25.7 Å². The summed E-state index contributed by atoms with van der Waals surface area (Å²) in [6, 6.07) is 0. The lowest BCUT2D eigenvalue weighted by molar-refractivity contribution is -0.154. The fraction of sp³-hybridized carbons (Fsp3) is 0.692. The quantitative estimate of drug-likeness (QED) is 0.640. The van der Waals surface area contributed by atoms with Gasteiger partial charge in [0, 0.05) is 18.8 Å². The van der Waals surface area contributed by atoms with Gasteiger partial charge in [0.05, 0.1) is 0 Å². The Morgan fingerprint density at radius 3 is 2.94 bits per heavy atom. The molecule has 0 N–H and O–H groups in total. The molecule has 0 aromatic heterocycles. The SMILES string of the molecule is CC(=O)OC1CCCC2=CC(=O)CCC21C. The fourth-order valence-corrected chi connectivity index (χ4v) is 2.89. The number of hydrogen-bond donors (Lipinski definition) is 0. The van der Waals surface area contributed by atoms with E-state index >= 15 is 0 Å². The maximum absolute atomic E-state index is 11.4. The van der Waals surface area contributed by atoms with Gasteiger partial charge in [0.15, 0.2) is 5.78 Å². The Hall–Kier alpha value is -1.12. The van der Waals surface area contributed by atoms with Gasteiger partial charge in [-0.25, -0.2) is 0 Å². The molecule has 2 unspecified atom stereocenters. The van der Waals surface area contributed by atoms with Crippen molar-refractivity contribution >= 4 is 11.8 Å². The lowest BCUT2D eigenvalue weighted by Crippen LogP contribution is -2.42. The molecule has 2 aliphatic carbocycles. The summed E-state index contributed by atoms with van der Waals surface area (Å²) in [6.07, 6.45) is 6.03. The van der Waals surface area contributed by atoms with E-state index in [-0.39, 0.29) is 23.3 Å². The highest BCUT2D eigenvalue weighted by Crippen LogP contribution is 2.47. The molecule has 0 heterocycles. The maximum Gasteiger partial charge on any atom is 0.302 e. The van der Waals surface area contributed by atoms with Crippen molar-refractivity contribution in [2.75, 3.05) is 0 Å². The molecular weight excluding hydrogens is 204 g/mol. The second-order valence-electron chi connectivity index (χ2n) is 5.04. The Kier molecular flexibility index (Phi) is 2.87. The summed E-state index contributed by atoms with van der Waals surface area (Å²) in [5, 5.41) is 0. The molecule has 0 aliphatic heterocycles. The molecule has 0 bridgehead atoms. The second-order valence-corrected chi connectivity index (χ2v) is 5.04. The van der Waals surface area contributed by atoms with Crippen LogP contribution < -0.4 is 0 Å². The first-order chi connectivity index (χ1) is 7.52. The molecule has 88 valence electrons. The number of fused-ring (bicyclic) bond motifs is 1. The average Bonchev–Trinajstić information content (AvgIpc) is 2.20. The van der Waals surface area contributed by atoms with Gasteiger partial charge in [0.2, 0.25) is 0 Å². The summed E-state index contributed by atoms with van der Waals surface area (Å²) in [4.78, 5) is 22.5. The molecule has 3 heteroatoms. The number of hydrogen-bond acceptors (Lipinski definition) is 3. The number of esters is 1. The Morgan fingerprint density at radius 2 is 2.25 bits per heavy atom. The van der Waals surface area contributed by atoms with E-state index in [1.54, 1.807) is 6.08 Å². The Balaban J connectivity index is 2.26. The van der Waals surface area contributed by atoms with Crippen LogP contribution in [0, 0.1) is 5.41 Å². The van der Waals surface area contributed by atoms with Gasteiger partial charge in [0.25, 0.3) is 0 Å². The Morgan fingerprint density at radius 1 is 1.50 bits per heavy atom. The van der Waals surface area contributed by atoms with Crippen LogP contribution >= 0.6 is 0 Å². The molecule has 2 rings (SSSR count). The summed E-state index contributed by atoms with van der Waals surface area (Å²) >= 11 is 0. The van der Waals surface area contributed by atoms with E-state index in [0.29, 0.717) is 6.42 Å². The third-order valence-corrected chi connectivity index (χ3v) is 3.89. The summed E-state index contributed by atoms with van der Waals surface area (Å²) in [5.74, 6) is 0.000301. The summed E-state index contributed by atoms with van der Waals surface area (Å²) in [7, 11) is 0. The summed E-state index contributed by atoms with van der Waals surface area (Å²) in [5.41, 5.74) is 1.08. The molecule has 0 radical (unpaired) electrons. The molecule has 3 nitrogen and oxygen atoms in total. The predicted molar refractivity (Wildman–Crippen MR) is 59.8 cm³/mol. The molecule has 2 aliphatic rings. The molecule has 0 saturated heterocycles. The van der Waals surface area contributed by atoms with Crippen LogP contribution in [0.2, 0.25) is 0 Å². The minimum Gasteiger partial charge on any atom is -0.462 e. The second kappa shape index (κ2) is 4.04. The number of ketones is 1. The summed E-state index contributed by atoms with van der Waals surface area (Å²) in [6.45, 7) is 3.58. The normalized spacial score (nSPS) is 34.0. The first-order valence-electron chi connectivity index (χ1n) is 5.93. The van der Waals surface area contributed by atoms with Crippen molar-refractivity contribution in [1.29, 1.82) is 0 Å². The van der Waals surface area contributed by atoms with Crippen LogP contribution in [0.3, 0.4) is 0 Å². The van der Waals surface area contributed by atoms with E-state index < -0.39 is 0 Å².